The Balaban J connectivity index is 0.000000817. The SMILES string of the molecule is CC/C(C)=C/C1=C(c2ccccn2)OCN(Cc2cccnc2)C1.CCC. The Kier molecular flexibility index (Phi) is 8.72. The summed E-state index contributed by atoms with van der Waals surface area (Å²) < 4.78 is 6.08. The minimum absolute atomic E-state index is 0.559. The largest absolute Gasteiger partial charge is 0.476 e. The first-order valence-electron chi connectivity index (χ1n) is 9.73. The van der Waals surface area contributed by atoms with Crippen LogP contribution in [-0.4, -0.2) is 28.1 Å². The van der Waals surface area contributed by atoms with Crippen molar-refractivity contribution in [3.8, 4) is 0 Å². The molecule has 3 rings (SSSR count). The number of aromatic nitrogens is 2. The van der Waals surface area contributed by atoms with E-state index < -0.39 is 0 Å². The molecule has 0 spiro atoms. The quantitative estimate of drug-likeness (QED) is 0.706. The number of rotatable bonds is 5. The Morgan fingerprint density at radius 3 is 2.59 bits per heavy atom. The average molecular weight is 366 g/mol. The number of hydrogen-bond acceptors (Lipinski definition) is 4. The van der Waals surface area contributed by atoms with Gasteiger partial charge in [0.15, 0.2) is 5.76 Å². The molecular weight excluding hydrogens is 334 g/mol. The van der Waals surface area contributed by atoms with Gasteiger partial charge in [-0.1, -0.05) is 51.0 Å². The van der Waals surface area contributed by atoms with E-state index in [1.165, 1.54) is 23.1 Å². The van der Waals surface area contributed by atoms with Gasteiger partial charge in [-0.2, -0.15) is 0 Å². The molecule has 0 fully saturated rings. The molecule has 1 aliphatic heterocycles. The van der Waals surface area contributed by atoms with Crippen molar-refractivity contribution < 1.29 is 4.74 Å². The van der Waals surface area contributed by atoms with Crippen LogP contribution in [0, 0.1) is 0 Å². The number of hydrogen-bond donors (Lipinski definition) is 0. The summed E-state index contributed by atoms with van der Waals surface area (Å²) in [6.07, 6.45) is 10.0. The molecule has 0 atom stereocenters. The van der Waals surface area contributed by atoms with Crippen LogP contribution in [0.3, 0.4) is 0 Å². The van der Waals surface area contributed by atoms with Gasteiger partial charge >= 0.3 is 0 Å². The lowest BCUT2D eigenvalue weighted by Crippen LogP contribution is -2.32. The minimum atomic E-state index is 0.559. The van der Waals surface area contributed by atoms with Crippen molar-refractivity contribution in [1.82, 2.24) is 14.9 Å². The van der Waals surface area contributed by atoms with Crippen LogP contribution in [0.4, 0.5) is 0 Å². The maximum Gasteiger partial charge on any atom is 0.151 e. The van der Waals surface area contributed by atoms with E-state index in [0.29, 0.717) is 6.73 Å². The maximum absolute atomic E-state index is 6.08. The van der Waals surface area contributed by atoms with Gasteiger partial charge in [-0.05, 0) is 37.1 Å². The van der Waals surface area contributed by atoms with Gasteiger partial charge in [0.2, 0.25) is 0 Å². The second-order valence-corrected chi connectivity index (χ2v) is 6.74. The lowest BCUT2D eigenvalue weighted by Gasteiger charge is -2.30. The zero-order chi connectivity index (χ0) is 19.5. The first-order chi connectivity index (χ1) is 13.2. The fourth-order valence-electron chi connectivity index (χ4n) is 2.70. The fraction of sp³-hybridized carbons (Fsp3) is 0.391. The fourth-order valence-corrected chi connectivity index (χ4v) is 2.70. The highest BCUT2D eigenvalue weighted by Crippen LogP contribution is 2.26. The molecule has 0 aliphatic carbocycles. The van der Waals surface area contributed by atoms with E-state index in [1.807, 2.05) is 36.7 Å². The summed E-state index contributed by atoms with van der Waals surface area (Å²) in [6.45, 7) is 10.8. The highest BCUT2D eigenvalue weighted by molar-refractivity contribution is 5.64. The van der Waals surface area contributed by atoms with Crippen molar-refractivity contribution in [2.24, 2.45) is 0 Å². The summed E-state index contributed by atoms with van der Waals surface area (Å²) in [5, 5.41) is 0. The molecule has 144 valence electrons. The highest BCUT2D eigenvalue weighted by Gasteiger charge is 2.21. The lowest BCUT2D eigenvalue weighted by molar-refractivity contribution is 0.0894. The molecule has 0 unspecified atom stereocenters. The molecule has 3 heterocycles. The number of ether oxygens (including phenoxy) is 1. The van der Waals surface area contributed by atoms with Gasteiger partial charge in [-0.15, -0.1) is 0 Å². The average Bonchev–Trinajstić information content (AvgIpc) is 2.70. The predicted molar refractivity (Wildman–Crippen MR) is 112 cm³/mol. The van der Waals surface area contributed by atoms with E-state index >= 15 is 0 Å². The third kappa shape index (κ3) is 6.65. The standard InChI is InChI=1S/C20H23N3O.C3H8/c1-3-16(2)11-18-14-23(13-17-7-6-9-21-12-17)15-24-20(18)19-8-4-5-10-22-19;1-3-2/h4-12H,3,13-15H2,1-2H3;3H2,1-2H3/b16-11+;. The van der Waals surface area contributed by atoms with Gasteiger partial charge < -0.3 is 4.74 Å². The van der Waals surface area contributed by atoms with Crippen LogP contribution < -0.4 is 0 Å². The van der Waals surface area contributed by atoms with Gasteiger partial charge in [0.25, 0.3) is 0 Å². The Morgan fingerprint density at radius 2 is 1.96 bits per heavy atom. The highest BCUT2D eigenvalue weighted by atomic mass is 16.5. The van der Waals surface area contributed by atoms with Crippen LogP contribution in [0.1, 0.15) is 51.8 Å². The number of pyridine rings is 2. The lowest BCUT2D eigenvalue weighted by atomic mass is 10.1. The molecule has 0 saturated heterocycles. The summed E-state index contributed by atoms with van der Waals surface area (Å²) in [6, 6.07) is 9.99. The maximum atomic E-state index is 6.08. The number of nitrogens with zero attached hydrogens (tertiary/aromatic N) is 3. The van der Waals surface area contributed by atoms with Crippen LogP contribution in [-0.2, 0) is 11.3 Å². The second-order valence-electron chi connectivity index (χ2n) is 6.74. The van der Waals surface area contributed by atoms with Crippen LogP contribution >= 0.6 is 0 Å². The van der Waals surface area contributed by atoms with E-state index in [0.717, 1.165) is 31.0 Å². The first-order valence-corrected chi connectivity index (χ1v) is 9.73. The third-order valence-electron chi connectivity index (χ3n) is 4.08. The summed E-state index contributed by atoms with van der Waals surface area (Å²) >= 11 is 0. The monoisotopic (exact) mass is 365 g/mol. The normalized spacial score (nSPS) is 15.0. The van der Waals surface area contributed by atoms with Gasteiger partial charge in [-0.25, -0.2) is 0 Å². The molecule has 2 aromatic rings. The van der Waals surface area contributed by atoms with Gasteiger partial charge in [0.05, 0.1) is 0 Å². The number of allylic oxidation sites excluding steroid dienone is 1. The van der Waals surface area contributed by atoms with E-state index in [2.05, 4.69) is 54.7 Å². The van der Waals surface area contributed by atoms with Crippen molar-refractivity contribution in [2.45, 2.75) is 47.1 Å². The molecule has 0 radical (unpaired) electrons. The van der Waals surface area contributed by atoms with Crippen LogP contribution in [0.15, 0.2) is 66.1 Å². The molecule has 0 aromatic carbocycles. The zero-order valence-corrected chi connectivity index (χ0v) is 17.0. The van der Waals surface area contributed by atoms with E-state index in [4.69, 9.17) is 4.74 Å². The molecule has 2 aromatic heterocycles. The Bertz CT molecular complexity index is 739. The van der Waals surface area contributed by atoms with Crippen molar-refractivity contribution >= 4 is 5.76 Å². The zero-order valence-electron chi connectivity index (χ0n) is 17.0. The molecule has 0 saturated carbocycles. The Morgan fingerprint density at radius 1 is 1.15 bits per heavy atom. The Labute approximate surface area is 163 Å². The van der Waals surface area contributed by atoms with Crippen LogP contribution in [0.2, 0.25) is 0 Å². The first kappa shape index (κ1) is 20.8. The molecule has 4 nitrogen and oxygen atoms in total. The van der Waals surface area contributed by atoms with Crippen molar-refractivity contribution in [3.63, 3.8) is 0 Å². The van der Waals surface area contributed by atoms with Gasteiger partial charge in [0, 0.05) is 37.3 Å². The van der Waals surface area contributed by atoms with Crippen molar-refractivity contribution in [3.05, 3.63) is 77.4 Å². The minimum Gasteiger partial charge on any atom is -0.476 e. The van der Waals surface area contributed by atoms with Crippen LogP contribution in [0.25, 0.3) is 5.76 Å². The third-order valence-corrected chi connectivity index (χ3v) is 4.08. The van der Waals surface area contributed by atoms with Gasteiger partial charge in [-0.3, -0.25) is 14.9 Å². The topological polar surface area (TPSA) is 38.2 Å². The van der Waals surface area contributed by atoms with Crippen LogP contribution in [0.5, 0.6) is 0 Å². The van der Waals surface area contributed by atoms with E-state index in [1.54, 1.807) is 6.20 Å². The summed E-state index contributed by atoms with van der Waals surface area (Å²) in [7, 11) is 0. The summed E-state index contributed by atoms with van der Waals surface area (Å²) in [5.74, 6) is 0.894. The Hall–Kier alpha value is -2.46. The summed E-state index contributed by atoms with van der Waals surface area (Å²) in [4.78, 5) is 10.9. The van der Waals surface area contributed by atoms with Gasteiger partial charge in [0.1, 0.15) is 12.4 Å². The predicted octanol–water partition coefficient (Wildman–Crippen LogP) is 5.45. The van der Waals surface area contributed by atoms with Crippen molar-refractivity contribution in [2.75, 3.05) is 13.3 Å². The van der Waals surface area contributed by atoms with Crippen molar-refractivity contribution in [1.29, 1.82) is 0 Å². The molecular formula is C23H31N3O. The molecule has 1 aliphatic rings. The molecule has 0 amide bonds. The molecule has 0 bridgehead atoms. The molecule has 27 heavy (non-hydrogen) atoms. The molecule has 4 heteroatoms. The second kappa shape index (κ2) is 11.3. The summed E-state index contributed by atoms with van der Waals surface area (Å²) in [5.41, 5.74) is 4.61. The van der Waals surface area contributed by atoms with E-state index in [-0.39, 0.29) is 0 Å². The molecule has 0 N–H and O–H groups in total. The van der Waals surface area contributed by atoms with E-state index in [9.17, 15) is 0 Å². The smallest absolute Gasteiger partial charge is 0.151 e.